The Balaban J connectivity index is 0. The standard InChI is InChI=1S/CH4.Co.Cr.V/h1H4;;;. The van der Waals surface area contributed by atoms with Crippen LogP contribution in [0.1, 0.15) is 7.43 Å². The molecule has 0 unspecified atom stereocenters. The molecule has 0 heterocycles. The van der Waals surface area contributed by atoms with Gasteiger partial charge in [0.1, 0.15) is 0 Å². The quantitative estimate of drug-likeness (QED) is 0.510. The van der Waals surface area contributed by atoms with Crippen molar-refractivity contribution in [2.75, 3.05) is 0 Å². The summed E-state index contributed by atoms with van der Waals surface area (Å²) in [4.78, 5) is 0. The fourth-order valence-electron chi connectivity index (χ4n) is 0. The van der Waals surface area contributed by atoms with Gasteiger partial charge in [-0.15, -0.1) is 0 Å². The molecule has 0 rings (SSSR count). The number of hydrogen-bond acceptors (Lipinski definition) is 0. The minimum atomic E-state index is 0. The summed E-state index contributed by atoms with van der Waals surface area (Å²) in [5, 5.41) is 0. The van der Waals surface area contributed by atoms with Gasteiger partial charge in [0.2, 0.25) is 0 Å². The molecule has 4 heavy (non-hydrogen) atoms. The third-order valence-corrected chi connectivity index (χ3v) is 0. The summed E-state index contributed by atoms with van der Waals surface area (Å²) in [6, 6.07) is 0. The summed E-state index contributed by atoms with van der Waals surface area (Å²) in [5.41, 5.74) is 0. The topological polar surface area (TPSA) is 0 Å². The molecule has 0 fully saturated rings. The smallest absolute Gasteiger partial charge is 0 e. The SMILES string of the molecule is C.[Co].[Cr].[V]. The van der Waals surface area contributed by atoms with Crippen molar-refractivity contribution in [1.82, 2.24) is 0 Å². The van der Waals surface area contributed by atoms with Crippen LogP contribution in [0.2, 0.25) is 0 Å². The molecule has 0 aliphatic rings. The van der Waals surface area contributed by atoms with Crippen molar-refractivity contribution in [3.63, 3.8) is 0 Å². The van der Waals surface area contributed by atoms with Gasteiger partial charge in [-0.2, -0.15) is 0 Å². The molecular weight excluding hydrogens is 174 g/mol. The molecule has 0 aromatic heterocycles. The second-order valence-electron chi connectivity index (χ2n) is 0. The Hall–Kier alpha value is 1.62. The van der Waals surface area contributed by atoms with Gasteiger partial charge in [-0.3, -0.25) is 0 Å². The van der Waals surface area contributed by atoms with Crippen molar-refractivity contribution in [2.24, 2.45) is 0 Å². The summed E-state index contributed by atoms with van der Waals surface area (Å²) >= 11 is 0. The van der Waals surface area contributed by atoms with Gasteiger partial charge in [0, 0.05) is 52.7 Å². The summed E-state index contributed by atoms with van der Waals surface area (Å²) in [5.74, 6) is 0. The van der Waals surface area contributed by atoms with Crippen LogP contribution < -0.4 is 0 Å². The van der Waals surface area contributed by atoms with Crippen LogP contribution in [-0.4, -0.2) is 0 Å². The first-order valence-corrected chi connectivity index (χ1v) is 0. The van der Waals surface area contributed by atoms with Crippen LogP contribution in [0.5, 0.6) is 0 Å². The minimum Gasteiger partial charge on any atom is -0.0776 e. The Bertz CT molecular complexity index is 8.00. The van der Waals surface area contributed by atoms with Gasteiger partial charge >= 0.3 is 0 Å². The predicted molar refractivity (Wildman–Crippen MR) is 6.73 cm³/mol. The third kappa shape index (κ3) is 9.46. The van der Waals surface area contributed by atoms with E-state index in [0.717, 1.165) is 0 Å². The van der Waals surface area contributed by atoms with Gasteiger partial charge in [-0.1, -0.05) is 7.43 Å². The molecule has 0 nitrogen and oxygen atoms in total. The van der Waals surface area contributed by atoms with E-state index in [1.54, 1.807) is 0 Å². The molecule has 0 spiro atoms. The number of rotatable bonds is 0. The fraction of sp³-hybridized carbons (Fsp3) is 1.00. The third-order valence-electron chi connectivity index (χ3n) is 0. The molecule has 0 saturated heterocycles. The fourth-order valence-corrected chi connectivity index (χ4v) is 0. The number of hydrogen-bond donors (Lipinski definition) is 0. The Morgan fingerprint density at radius 3 is 1.00 bits per heavy atom. The van der Waals surface area contributed by atoms with E-state index in [1.807, 2.05) is 0 Å². The first kappa shape index (κ1) is 45.6. The Morgan fingerprint density at radius 2 is 1.00 bits per heavy atom. The molecule has 0 amide bonds. The molecule has 0 atom stereocenters. The molecule has 0 aromatic carbocycles. The van der Waals surface area contributed by atoms with Gasteiger partial charge in [0.15, 0.2) is 0 Å². The van der Waals surface area contributed by atoms with Crippen molar-refractivity contribution in [2.45, 2.75) is 7.43 Å². The Labute approximate surface area is 59.9 Å². The second-order valence-corrected chi connectivity index (χ2v) is 0. The van der Waals surface area contributed by atoms with Crippen molar-refractivity contribution in [3.8, 4) is 0 Å². The molecule has 3 heteroatoms. The van der Waals surface area contributed by atoms with Gasteiger partial charge in [0.05, 0.1) is 0 Å². The van der Waals surface area contributed by atoms with Crippen LogP contribution in [0.4, 0.5) is 0 Å². The molecule has 0 aliphatic carbocycles. The van der Waals surface area contributed by atoms with E-state index >= 15 is 0 Å². The maximum absolute atomic E-state index is 0. The van der Waals surface area contributed by atoms with Gasteiger partial charge < -0.3 is 0 Å². The zero-order valence-corrected chi connectivity index (χ0v) is 4.90. The second kappa shape index (κ2) is 23.0. The Morgan fingerprint density at radius 1 is 1.00 bits per heavy atom. The van der Waals surface area contributed by atoms with Gasteiger partial charge in [-0.25, -0.2) is 0 Å². The summed E-state index contributed by atoms with van der Waals surface area (Å²) < 4.78 is 0. The van der Waals surface area contributed by atoms with Crippen LogP contribution in [0.25, 0.3) is 0 Å². The van der Waals surface area contributed by atoms with Crippen molar-refractivity contribution in [3.05, 3.63) is 0 Å². The van der Waals surface area contributed by atoms with Crippen LogP contribution in [0, 0.1) is 0 Å². The maximum atomic E-state index is 0. The molecule has 0 bridgehead atoms. The van der Waals surface area contributed by atoms with E-state index in [1.165, 1.54) is 0 Å². The molecule has 28 valence electrons. The van der Waals surface area contributed by atoms with Crippen LogP contribution in [0.15, 0.2) is 0 Å². The average molecular weight is 178 g/mol. The van der Waals surface area contributed by atoms with Crippen LogP contribution in [0.3, 0.4) is 0 Å². The summed E-state index contributed by atoms with van der Waals surface area (Å²) in [6.07, 6.45) is 0. The monoisotopic (exact) mass is 178 g/mol. The zero-order chi connectivity index (χ0) is 0. The van der Waals surface area contributed by atoms with E-state index in [4.69, 9.17) is 0 Å². The van der Waals surface area contributed by atoms with Gasteiger partial charge in [-0.05, 0) is 0 Å². The average Bonchev–Trinajstić information content (AvgIpc) is 0. The predicted octanol–water partition coefficient (Wildman–Crippen LogP) is 0.629. The van der Waals surface area contributed by atoms with E-state index in [9.17, 15) is 0 Å². The van der Waals surface area contributed by atoms with Crippen molar-refractivity contribution < 1.29 is 52.7 Å². The molecular formula is CH4CoCrV. The molecule has 0 saturated carbocycles. The van der Waals surface area contributed by atoms with Crippen molar-refractivity contribution >= 4 is 0 Å². The van der Waals surface area contributed by atoms with E-state index in [-0.39, 0.29) is 60.1 Å². The molecule has 2 radical (unpaired) electrons. The van der Waals surface area contributed by atoms with E-state index in [2.05, 4.69) is 0 Å². The van der Waals surface area contributed by atoms with E-state index in [0.29, 0.717) is 0 Å². The van der Waals surface area contributed by atoms with Crippen LogP contribution in [-0.2, 0) is 52.7 Å². The van der Waals surface area contributed by atoms with Crippen molar-refractivity contribution in [1.29, 1.82) is 0 Å². The normalized spacial score (nSPS) is 0. The first-order valence-electron chi connectivity index (χ1n) is 0. The van der Waals surface area contributed by atoms with Gasteiger partial charge in [0.25, 0.3) is 0 Å². The summed E-state index contributed by atoms with van der Waals surface area (Å²) in [7, 11) is 0. The minimum absolute atomic E-state index is 0. The van der Waals surface area contributed by atoms with Crippen LogP contribution >= 0.6 is 0 Å². The molecule has 0 N–H and O–H groups in total. The molecule has 0 aromatic rings. The van der Waals surface area contributed by atoms with E-state index < -0.39 is 0 Å². The Kier molecular flexibility index (Phi) is 263. The largest absolute Gasteiger partial charge is 0.0776 e. The molecule has 0 aliphatic heterocycles. The first-order chi connectivity index (χ1) is 0. The summed E-state index contributed by atoms with van der Waals surface area (Å²) in [6.45, 7) is 0. The maximum Gasteiger partial charge on any atom is 0 e. The zero-order valence-electron chi connectivity index (χ0n) is 1.19.